The van der Waals surface area contributed by atoms with Crippen LogP contribution in [0.4, 0.5) is 0 Å². The summed E-state index contributed by atoms with van der Waals surface area (Å²) in [5.74, 6) is 2.68. The lowest BCUT2D eigenvalue weighted by molar-refractivity contribution is 0.271. The van der Waals surface area contributed by atoms with Gasteiger partial charge in [0.2, 0.25) is 0 Å². The molecular formula is C14H16BrNO2. The maximum atomic E-state index is 5.76. The van der Waals surface area contributed by atoms with Gasteiger partial charge in [-0.2, -0.15) is 0 Å². The molecule has 2 N–H and O–H groups in total. The zero-order chi connectivity index (χ0) is 13.0. The Labute approximate surface area is 115 Å². The molecule has 0 spiro atoms. The standard InChI is InChI=1S/C14H16BrNO2/c1-10-5-6-14(18-10)11(8-16)9-17-13-4-2-3-12(15)7-13/h2-7,11H,8-9,16H2,1H3. The fourth-order valence-corrected chi connectivity index (χ4v) is 2.07. The fourth-order valence-electron chi connectivity index (χ4n) is 1.69. The predicted molar refractivity (Wildman–Crippen MR) is 74.9 cm³/mol. The molecule has 4 heteroatoms. The van der Waals surface area contributed by atoms with Gasteiger partial charge >= 0.3 is 0 Å². The van der Waals surface area contributed by atoms with E-state index in [0.29, 0.717) is 13.2 Å². The maximum Gasteiger partial charge on any atom is 0.120 e. The van der Waals surface area contributed by atoms with Crippen LogP contribution in [-0.4, -0.2) is 13.2 Å². The van der Waals surface area contributed by atoms with Crippen LogP contribution < -0.4 is 10.5 Å². The molecule has 0 saturated carbocycles. The van der Waals surface area contributed by atoms with Gasteiger partial charge in [0.05, 0.1) is 12.5 Å². The molecule has 0 saturated heterocycles. The molecule has 0 aliphatic heterocycles. The summed E-state index contributed by atoms with van der Waals surface area (Å²) in [6.07, 6.45) is 0. The molecule has 1 aromatic carbocycles. The average molecular weight is 310 g/mol. The lowest BCUT2D eigenvalue weighted by atomic mass is 10.1. The Bertz CT molecular complexity index is 510. The minimum atomic E-state index is 0.0812. The molecule has 0 aliphatic carbocycles. The van der Waals surface area contributed by atoms with Crippen LogP contribution >= 0.6 is 15.9 Å². The van der Waals surface area contributed by atoms with E-state index in [9.17, 15) is 0 Å². The first-order valence-electron chi connectivity index (χ1n) is 5.84. The molecule has 1 unspecified atom stereocenters. The topological polar surface area (TPSA) is 48.4 Å². The molecule has 96 valence electrons. The van der Waals surface area contributed by atoms with Gasteiger partial charge in [-0.1, -0.05) is 22.0 Å². The van der Waals surface area contributed by atoms with E-state index in [-0.39, 0.29) is 5.92 Å². The van der Waals surface area contributed by atoms with E-state index in [1.807, 2.05) is 43.3 Å². The van der Waals surface area contributed by atoms with Crippen LogP contribution in [0.15, 0.2) is 45.3 Å². The number of hydrogen-bond donors (Lipinski definition) is 1. The number of benzene rings is 1. The highest BCUT2D eigenvalue weighted by atomic mass is 79.9. The van der Waals surface area contributed by atoms with Crippen LogP contribution in [0.2, 0.25) is 0 Å². The van der Waals surface area contributed by atoms with E-state index >= 15 is 0 Å². The Balaban J connectivity index is 1.99. The molecule has 0 fully saturated rings. The van der Waals surface area contributed by atoms with Crippen molar-refractivity contribution in [2.75, 3.05) is 13.2 Å². The van der Waals surface area contributed by atoms with Crippen molar-refractivity contribution < 1.29 is 9.15 Å². The summed E-state index contributed by atoms with van der Waals surface area (Å²) in [6.45, 7) is 2.94. The van der Waals surface area contributed by atoms with Gasteiger partial charge in [0, 0.05) is 11.0 Å². The Hall–Kier alpha value is -1.26. The van der Waals surface area contributed by atoms with E-state index in [2.05, 4.69) is 15.9 Å². The van der Waals surface area contributed by atoms with Crippen molar-refractivity contribution in [2.45, 2.75) is 12.8 Å². The number of hydrogen-bond acceptors (Lipinski definition) is 3. The van der Waals surface area contributed by atoms with Crippen molar-refractivity contribution in [3.63, 3.8) is 0 Å². The van der Waals surface area contributed by atoms with Crippen LogP contribution in [-0.2, 0) is 0 Å². The van der Waals surface area contributed by atoms with Crippen molar-refractivity contribution >= 4 is 15.9 Å². The molecule has 2 rings (SSSR count). The lowest BCUT2D eigenvalue weighted by Crippen LogP contribution is -2.19. The Morgan fingerprint density at radius 2 is 2.17 bits per heavy atom. The normalized spacial score (nSPS) is 12.4. The Morgan fingerprint density at radius 1 is 1.33 bits per heavy atom. The summed E-state index contributed by atoms with van der Waals surface area (Å²) in [7, 11) is 0. The summed E-state index contributed by atoms with van der Waals surface area (Å²) in [5, 5.41) is 0. The zero-order valence-corrected chi connectivity index (χ0v) is 11.8. The third-order valence-corrected chi connectivity index (χ3v) is 3.19. The van der Waals surface area contributed by atoms with E-state index in [0.717, 1.165) is 21.7 Å². The van der Waals surface area contributed by atoms with Crippen LogP contribution in [0.3, 0.4) is 0 Å². The van der Waals surface area contributed by atoms with Crippen LogP contribution in [0.1, 0.15) is 17.4 Å². The molecule has 1 heterocycles. The third kappa shape index (κ3) is 3.37. The van der Waals surface area contributed by atoms with Crippen molar-refractivity contribution in [3.05, 3.63) is 52.4 Å². The van der Waals surface area contributed by atoms with Crippen molar-refractivity contribution in [3.8, 4) is 5.75 Å². The second kappa shape index (κ2) is 6.07. The first-order valence-corrected chi connectivity index (χ1v) is 6.63. The molecule has 18 heavy (non-hydrogen) atoms. The third-order valence-electron chi connectivity index (χ3n) is 2.70. The number of nitrogens with two attached hydrogens (primary N) is 1. The highest BCUT2D eigenvalue weighted by molar-refractivity contribution is 9.10. The predicted octanol–water partition coefficient (Wildman–Crippen LogP) is 3.47. The summed E-state index contributed by atoms with van der Waals surface area (Å²) in [6, 6.07) is 11.7. The lowest BCUT2D eigenvalue weighted by Gasteiger charge is -2.13. The molecule has 3 nitrogen and oxygen atoms in total. The van der Waals surface area contributed by atoms with Gasteiger partial charge in [-0.05, 0) is 37.3 Å². The van der Waals surface area contributed by atoms with Crippen molar-refractivity contribution in [1.82, 2.24) is 0 Å². The first-order chi connectivity index (χ1) is 8.69. The van der Waals surface area contributed by atoms with Gasteiger partial charge in [-0.25, -0.2) is 0 Å². The molecule has 0 bridgehead atoms. The zero-order valence-electron chi connectivity index (χ0n) is 10.2. The van der Waals surface area contributed by atoms with Gasteiger partial charge in [0.1, 0.15) is 17.3 Å². The van der Waals surface area contributed by atoms with Crippen molar-refractivity contribution in [2.24, 2.45) is 5.73 Å². The second-order valence-corrected chi connectivity index (χ2v) is 5.07. The molecule has 0 radical (unpaired) electrons. The van der Waals surface area contributed by atoms with Gasteiger partial charge in [0.15, 0.2) is 0 Å². The van der Waals surface area contributed by atoms with E-state index in [1.165, 1.54) is 0 Å². The Morgan fingerprint density at radius 3 is 2.78 bits per heavy atom. The van der Waals surface area contributed by atoms with Gasteiger partial charge in [-0.15, -0.1) is 0 Å². The molecule has 0 amide bonds. The minimum Gasteiger partial charge on any atom is -0.493 e. The number of furan rings is 1. The van der Waals surface area contributed by atoms with Crippen LogP contribution in [0.25, 0.3) is 0 Å². The average Bonchev–Trinajstić information content (AvgIpc) is 2.77. The molecule has 1 atom stereocenters. The van der Waals surface area contributed by atoms with E-state index in [1.54, 1.807) is 0 Å². The summed E-state index contributed by atoms with van der Waals surface area (Å²) < 4.78 is 12.3. The highest BCUT2D eigenvalue weighted by Crippen LogP contribution is 2.22. The molecule has 1 aromatic heterocycles. The first kappa shape index (κ1) is 13.2. The number of aryl methyl sites for hydroxylation is 1. The van der Waals surface area contributed by atoms with Crippen LogP contribution in [0.5, 0.6) is 5.75 Å². The van der Waals surface area contributed by atoms with Crippen LogP contribution in [0, 0.1) is 6.92 Å². The number of ether oxygens (including phenoxy) is 1. The smallest absolute Gasteiger partial charge is 0.120 e. The second-order valence-electron chi connectivity index (χ2n) is 4.15. The highest BCUT2D eigenvalue weighted by Gasteiger charge is 2.14. The minimum absolute atomic E-state index is 0.0812. The largest absolute Gasteiger partial charge is 0.493 e. The molecular weight excluding hydrogens is 294 g/mol. The number of rotatable bonds is 5. The van der Waals surface area contributed by atoms with Crippen molar-refractivity contribution in [1.29, 1.82) is 0 Å². The monoisotopic (exact) mass is 309 g/mol. The maximum absolute atomic E-state index is 5.76. The van der Waals surface area contributed by atoms with Gasteiger partial charge in [0.25, 0.3) is 0 Å². The van der Waals surface area contributed by atoms with Gasteiger partial charge in [-0.3, -0.25) is 0 Å². The van der Waals surface area contributed by atoms with Gasteiger partial charge < -0.3 is 14.9 Å². The summed E-state index contributed by atoms with van der Waals surface area (Å²) in [5.41, 5.74) is 5.76. The molecule has 2 aromatic rings. The number of halogens is 1. The SMILES string of the molecule is Cc1ccc(C(CN)COc2cccc(Br)c2)o1. The molecule has 0 aliphatic rings. The summed E-state index contributed by atoms with van der Waals surface area (Å²) >= 11 is 3.41. The Kier molecular flexibility index (Phi) is 4.44. The van der Waals surface area contributed by atoms with E-state index in [4.69, 9.17) is 14.9 Å². The van der Waals surface area contributed by atoms with E-state index < -0.39 is 0 Å². The quantitative estimate of drug-likeness (QED) is 0.920. The summed E-state index contributed by atoms with van der Waals surface area (Å²) in [4.78, 5) is 0. The fraction of sp³-hybridized carbons (Fsp3) is 0.286.